The molecule has 0 radical (unpaired) electrons. The number of aliphatic hydroxyl groups excluding tert-OH is 1. The fourth-order valence-electron chi connectivity index (χ4n) is 0.925. The summed E-state index contributed by atoms with van der Waals surface area (Å²) in [6, 6.07) is 0. The van der Waals surface area contributed by atoms with Crippen LogP contribution >= 0.6 is 0 Å². The summed E-state index contributed by atoms with van der Waals surface area (Å²) in [7, 11) is 0. The highest BCUT2D eigenvalue weighted by Gasteiger charge is 2.03. The Balaban J connectivity index is 2.61. The summed E-state index contributed by atoms with van der Waals surface area (Å²) in [6.07, 6.45) is 5.85. The summed E-state index contributed by atoms with van der Waals surface area (Å²) in [5, 5.41) is 8.66. The second-order valence-electron chi connectivity index (χ2n) is 2.59. The van der Waals surface area contributed by atoms with Crippen molar-refractivity contribution in [2.24, 2.45) is 0 Å². The Kier molecular flexibility index (Phi) is 2.98. The van der Waals surface area contributed by atoms with Gasteiger partial charge in [0.15, 0.2) is 0 Å². The summed E-state index contributed by atoms with van der Waals surface area (Å²) in [5.74, 6) is 0.348. The molecule has 0 aromatic carbocycles. The van der Waals surface area contributed by atoms with Gasteiger partial charge < -0.3 is 5.11 Å². The van der Waals surface area contributed by atoms with Crippen LogP contribution in [0.2, 0.25) is 0 Å². The normalized spacial score (nSPS) is 12.9. The van der Waals surface area contributed by atoms with Crippen molar-refractivity contribution in [3.63, 3.8) is 0 Å². The van der Waals surface area contributed by atoms with Crippen LogP contribution in [0.5, 0.6) is 0 Å². The third kappa shape index (κ3) is 2.27. The molecule has 60 valence electrons. The first-order valence-electron chi connectivity index (χ1n) is 3.70. The summed E-state index contributed by atoms with van der Waals surface area (Å²) in [4.78, 5) is 7.79. The van der Waals surface area contributed by atoms with E-state index >= 15 is 0 Å². The van der Waals surface area contributed by atoms with Gasteiger partial charge in [0, 0.05) is 19.0 Å². The third-order valence-corrected chi connectivity index (χ3v) is 1.71. The minimum absolute atomic E-state index is 0.218. The van der Waals surface area contributed by atoms with Gasteiger partial charge in [0.1, 0.15) is 6.33 Å². The quantitative estimate of drug-likeness (QED) is 0.701. The van der Waals surface area contributed by atoms with E-state index in [-0.39, 0.29) is 6.61 Å². The van der Waals surface area contributed by atoms with Crippen LogP contribution in [-0.2, 0) is 0 Å². The molecule has 0 aliphatic rings. The largest absolute Gasteiger partial charge is 0.396 e. The molecule has 1 rings (SSSR count). The van der Waals surface area contributed by atoms with Gasteiger partial charge in [-0.2, -0.15) is 0 Å². The van der Waals surface area contributed by atoms with Gasteiger partial charge in [-0.25, -0.2) is 9.97 Å². The van der Waals surface area contributed by atoms with E-state index in [4.69, 9.17) is 5.11 Å². The van der Waals surface area contributed by atoms with Crippen LogP contribution in [-0.4, -0.2) is 21.7 Å². The molecule has 0 saturated carbocycles. The van der Waals surface area contributed by atoms with Gasteiger partial charge in [0.25, 0.3) is 0 Å². The summed E-state index contributed by atoms with van der Waals surface area (Å²) in [6.45, 7) is 2.27. The van der Waals surface area contributed by atoms with Crippen LogP contribution in [0.15, 0.2) is 18.7 Å². The molecule has 0 bridgehead atoms. The molecule has 0 spiro atoms. The lowest BCUT2D eigenvalue weighted by atomic mass is 10.0. The van der Waals surface area contributed by atoms with Gasteiger partial charge in [-0.1, -0.05) is 6.92 Å². The van der Waals surface area contributed by atoms with Crippen LogP contribution in [0.1, 0.15) is 24.8 Å². The molecule has 0 aliphatic heterocycles. The zero-order valence-electron chi connectivity index (χ0n) is 6.57. The highest BCUT2D eigenvalue weighted by Crippen LogP contribution is 2.15. The molecule has 1 heterocycles. The Morgan fingerprint density at radius 1 is 1.45 bits per heavy atom. The Hall–Kier alpha value is -0.960. The van der Waals surface area contributed by atoms with Crippen molar-refractivity contribution in [2.75, 3.05) is 6.61 Å². The second kappa shape index (κ2) is 4.03. The van der Waals surface area contributed by atoms with Gasteiger partial charge in [0.05, 0.1) is 0 Å². The van der Waals surface area contributed by atoms with Crippen LogP contribution in [0.25, 0.3) is 0 Å². The Morgan fingerprint density at radius 3 is 2.64 bits per heavy atom. The standard InChI is InChI=1S/C8H12N2O/c1-7(2-3-11)8-4-9-6-10-5-8/h4-7,11H,2-3H2,1H3. The molecule has 3 heteroatoms. The molecule has 1 N–H and O–H groups in total. The lowest BCUT2D eigenvalue weighted by Crippen LogP contribution is -1.97. The first-order chi connectivity index (χ1) is 5.34. The van der Waals surface area contributed by atoms with Gasteiger partial charge in [-0.3, -0.25) is 0 Å². The molecular weight excluding hydrogens is 140 g/mol. The summed E-state index contributed by atoms with van der Waals surface area (Å²) >= 11 is 0. The van der Waals surface area contributed by atoms with Crippen LogP contribution in [0, 0.1) is 0 Å². The van der Waals surface area contributed by atoms with E-state index in [0.717, 1.165) is 12.0 Å². The van der Waals surface area contributed by atoms with E-state index in [2.05, 4.69) is 16.9 Å². The molecule has 11 heavy (non-hydrogen) atoms. The van der Waals surface area contributed by atoms with E-state index in [0.29, 0.717) is 5.92 Å². The van der Waals surface area contributed by atoms with Crippen molar-refractivity contribution >= 4 is 0 Å². The lowest BCUT2D eigenvalue weighted by Gasteiger charge is -2.07. The molecule has 0 fully saturated rings. The zero-order chi connectivity index (χ0) is 8.10. The molecule has 1 unspecified atom stereocenters. The predicted molar refractivity (Wildman–Crippen MR) is 42.1 cm³/mol. The number of nitrogens with zero attached hydrogens (tertiary/aromatic N) is 2. The average molecular weight is 152 g/mol. The first kappa shape index (κ1) is 8.14. The van der Waals surface area contributed by atoms with Crippen LogP contribution < -0.4 is 0 Å². The first-order valence-corrected chi connectivity index (χ1v) is 3.70. The molecule has 0 amide bonds. The van der Waals surface area contributed by atoms with E-state index in [1.165, 1.54) is 6.33 Å². The topological polar surface area (TPSA) is 46.0 Å². The smallest absolute Gasteiger partial charge is 0.115 e. The number of hydrogen-bond acceptors (Lipinski definition) is 3. The van der Waals surface area contributed by atoms with Crippen molar-refractivity contribution in [2.45, 2.75) is 19.3 Å². The number of aliphatic hydroxyl groups is 1. The SMILES string of the molecule is CC(CCO)c1cncnc1. The van der Waals surface area contributed by atoms with Crippen LogP contribution in [0.4, 0.5) is 0 Å². The van der Waals surface area contributed by atoms with Gasteiger partial charge >= 0.3 is 0 Å². The summed E-state index contributed by atoms with van der Waals surface area (Å²) in [5.41, 5.74) is 1.08. The van der Waals surface area contributed by atoms with Crippen LogP contribution in [0.3, 0.4) is 0 Å². The lowest BCUT2D eigenvalue weighted by molar-refractivity contribution is 0.278. The maximum atomic E-state index is 8.66. The minimum atomic E-state index is 0.218. The van der Waals surface area contributed by atoms with Gasteiger partial charge in [-0.05, 0) is 17.9 Å². The maximum Gasteiger partial charge on any atom is 0.115 e. The summed E-state index contributed by atoms with van der Waals surface area (Å²) < 4.78 is 0. The number of aromatic nitrogens is 2. The van der Waals surface area contributed by atoms with Crippen molar-refractivity contribution in [1.29, 1.82) is 0 Å². The fourth-order valence-corrected chi connectivity index (χ4v) is 0.925. The Morgan fingerprint density at radius 2 is 2.09 bits per heavy atom. The Bertz CT molecular complexity index is 201. The van der Waals surface area contributed by atoms with Crippen molar-refractivity contribution in [3.8, 4) is 0 Å². The molecule has 0 saturated heterocycles. The molecule has 1 aromatic rings. The second-order valence-corrected chi connectivity index (χ2v) is 2.59. The van der Waals surface area contributed by atoms with Crippen molar-refractivity contribution in [1.82, 2.24) is 9.97 Å². The number of hydrogen-bond donors (Lipinski definition) is 1. The fraction of sp³-hybridized carbons (Fsp3) is 0.500. The van der Waals surface area contributed by atoms with Crippen molar-refractivity contribution in [3.05, 3.63) is 24.3 Å². The molecular formula is C8H12N2O. The van der Waals surface area contributed by atoms with E-state index < -0.39 is 0 Å². The Labute approximate surface area is 66.1 Å². The third-order valence-electron chi connectivity index (χ3n) is 1.71. The van der Waals surface area contributed by atoms with E-state index in [1.807, 2.05) is 0 Å². The predicted octanol–water partition coefficient (Wildman–Crippen LogP) is 0.962. The highest BCUT2D eigenvalue weighted by atomic mass is 16.3. The molecule has 1 atom stereocenters. The average Bonchev–Trinajstić information content (AvgIpc) is 2.07. The van der Waals surface area contributed by atoms with Gasteiger partial charge in [0.2, 0.25) is 0 Å². The monoisotopic (exact) mass is 152 g/mol. The van der Waals surface area contributed by atoms with Crippen molar-refractivity contribution < 1.29 is 5.11 Å². The van der Waals surface area contributed by atoms with E-state index in [1.54, 1.807) is 12.4 Å². The van der Waals surface area contributed by atoms with Gasteiger partial charge in [-0.15, -0.1) is 0 Å². The molecule has 3 nitrogen and oxygen atoms in total. The maximum absolute atomic E-state index is 8.66. The highest BCUT2D eigenvalue weighted by molar-refractivity contribution is 5.08. The molecule has 1 aromatic heterocycles. The van der Waals surface area contributed by atoms with E-state index in [9.17, 15) is 0 Å². The zero-order valence-corrected chi connectivity index (χ0v) is 6.57. The molecule has 0 aliphatic carbocycles. The minimum Gasteiger partial charge on any atom is -0.396 e. The number of rotatable bonds is 3.